The van der Waals surface area contributed by atoms with Gasteiger partial charge in [-0.05, 0) is 32.7 Å². The smallest absolute Gasteiger partial charge is 0.242 e. The van der Waals surface area contributed by atoms with E-state index in [0.29, 0.717) is 6.54 Å². The maximum Gasteiger partial charge on any atom is 0.242 e. The highest BCUT2D eigenvalue weighted by atomic mass is 16.5. The number of aliphatic hydroxyl groups excluding tert-OH is 1. The summed E-state index contributed by atoms with van der Waals surface area (Å²) in [5.41, 5.74) is -0.472. The van der Waals surface area contributed by atoms with Gasteiger partial charge < -0.3 is 20.1 Å². The van der Waals surface area contributed by atoms with Gasteiger partial charge in [0.25, 0.3) is 0 Å². The summed E-state index contributed by atoms with van der Waals surface area (Å²) in [4.78, 5) is 13.9. The number of hydrogen-bond acceptors (Lipinski definition) is 4. The number of methoxy groups -OCH3 is 1. The van der Waals surface area contributed by atoms with Crippen molar-refractivity contribution in [3.8, 4) is 0 Å². The van der Waals surface area contributed by atoms with Crippen molar-refractivity contribution >= 4 is 5.91 Å². The van der Waals surface area contributed by atoms with E-state index in [2.05, 4.69) is 5.32 Å². The van der Waals surface area contributed by atoms with Crippen LogP contribution in [0.1, 0.15) is 26.2 Å². The molecule has 5 heteroatoms. The van der Waals surface area contributed by atoms with Crippen LogP contribution in [0, 0.1) is 0 Å². The number of nitrogens with zero attached hydrogens (tertiary/aromatic N) is 1. The average molecular weight is 244 g/mol. The standard InChI is InChI=1S/C12H24N2O3/c1-12(6-4-5-7-13-12)11(16)14(2)8-10(15)9-17-3/h10,13,15H,4-9H2,1-3H3. The molecule has 1 aliphatic heterocycles. The van der Waals surface area contributed by atoms with Gasteiger partial charge in [-0.2, -0.15) is 0 Å². The van der Waals surface area contributed by atoms with Crippen molar-refractivity contribution < 1.29 is 14.6 Å². The van der Waals surface area contributed by atoms with Crippen LogP contribution in [0.3, 0.4) is 0 Å². The first-order valence-electron chi connectivity index (χ1n) is 6.17. The number of hydrogen-bond donors (Lipinski definition) is 2. The second kappa shape index (κ2) is 6.33. The van der Waals surface area contributed by atoms with Gasteiger partial charge in [-0.3, -0.25) is 4.79 Å². The lowest BCUT2D eigenvalue weighted by Crippen LogP contribution is -2.58. The summed E-state index contributed by atoms with van der Waals surface area (Å²) in [5.74, 6) is 0.0485. The number of likely N-dealkylation sites (N-methyl/N-ethyl adjacent to an activating group) is 1. The van der Waals surface area contributed by atoms with Crippen molar-refractivity contribution in [3.05, 3.63) is 0 Å². The molecule has 0 bridgehead atoms. The minimum atomic E-state index is -0.624. The zero-order valence-corrected chi connectivity index (χ0v) is 11.0. The summed E-state index contributed by atoms with van der Waals surface area (Å²) in [7, 11) is 3.26. The van der Waals surface area contributed by atoms with E-state index in [4.69, 9.17) is 4.74 Å². The Hall–Kier alpha value is -0.650. The van der Waals surface area contributed by atoms with E-state index < -0.39 is 11.6 Å². The molecule has 0 aromatic heterocycles. The Balaban J connectivity index is 2.50. The van der Waals surface area contributed by atoms with Crippen LogP contribution in [0.4, 0.5) is 0 Å². The third-order valence-electron chi connectivity index (χ3n) is 3.28. The number of ether oxygens (including phenoxy) is 1. The first kappa shape index (κ1) is 14.4. The van der Waals surface area contributed by atoms with E-state index in [0.717, 1.165) is 25.8 Å². The van der Waals surface area contributed by atoms with Crippen molar-refractivity contribution in [2.24, 2.45) is 0 Å². The second-order valence-electron chi connectivity index (χ2n) is 5.01. The molecule has 2 N–H and O–H groups in total. The number of piperidine rings is 1. The summed E-state index contributed by atoms with van der Waals surface area (Å²) >= 11 is 0. The van der Waals surface area contributed by atoms with Crippen molar-refractivity contribution in [1.29, 1.82) is 0 Å². The lowest BCUT2D eigenvalue weighted by atomic mass is 9.89. The highest BCUT2D eigenvalue weighted by molar-refractivity contribution is 5.85. The van der Waals surface area contributed by atoms with Crippen molar-refractivity contribution in [1.82, 2.24) is 10.2 Å². The van der Waals surface area contributed by atoms with Crippen LogP contribution in [-0.4, -0.2) is 61.4 Å². The molecule has 2 atom stereocenters. The lowest BCUT2D eigenvalue weighted by Gasteiger charge is -2.37. The van der Waals surface area contributed by atoms with E-state index in [1.165, 1.54) is 7.11 Å². The number of nitrogens with one attached hydrogen (secondary N) is 1. The molecule has 1 saturated heterocycles. The van der Waals surface area contributed by atoms with E-state index >= 15 is 0 Å². The van der Waals surface area contributed by atoms with E-state index in [-0.39, 0.29) is 12.5 Å². The third-order valence-corrected chi connectivity index (χ3v) is 3.28. The van der Waals surface area contributed by atoms with Crippen LogP contribution in [0.25, 0.3) is 0 Å². The molecule has 17 heavy (non-hydrogen) atoms. The van der Waals surface area contributed by atoms with Crippen molar-refractivity contribution in [3.63, 3.8) is 0 Å². The predicted octanol–water partition coefficient (Wildman–Crippen LogP) is -0.0157. The normalized spacial score (nSPS) is 26.6. The van der Waals surface area contributed by atoms with Crippen LogP contribution in [0.15, 0.2) is 0 Å². The highest BCUT2D eigenvalue weighted by Gasteiger charge is 2.36. The Morgan fingerprint density at radius 2 is 2.29 bits per heavy atom. The molecular formula is C12H24N2O3. The summed E-state index contributed by atoms with van der Waals surface area (Å²) in [6, 6.07) is 0. The number of carbonyl (C=O) groups excluding carboxylic acids is 1. The summed E-state index contributed by atoms with van der Waals surface area (Å²) in [6.07, 6.45) is 2.43. The number of amides is 1. The van der Waals surface area contributed by atoms with Gasteiger partial charge in [-0.15, -0.1) is 0 Å². The van der Waals surface area contributed by atoms with Gasteiger partial charge >= 0.3 is 0 Å². The van der Waals surface area contributed by atoms with E-state index in [1.807, 2.05) is 6.92 Å². The Morgan fingerprint density at radius 3 is 2.82 bits per heavy atom. The molecule has 0 aromatic carbocycles. The first-order chi connectivity index (χ1) is 7.99. The van der Waals surface area contributed by atoms with Gasteiger partial charge in [0.1, 0.15) is 0 Å². The highest BCUT2D eigenvalue weighted by Crippen LogP contribution is 2.20. The SMILES string of the molecule is COCC(O)CN(C)C(=O)C1(C)CCCCN1. The zero-order chi connectivity index (χ0) is 12.9. The zero-order valence-electron chi connectivity index (χ0n) is 11.0. The minimum absolute atomic E-state index is 0.0485. The van der Waals surface area contributed by atoms with E-state index in [9.17, 15) is 9.90 Å². The van der Waals surface area contributed by atoms with Crippen LogP contribution < -0.4 is 5.32 Å². The molecule has 0 saturated carbocycles. The van der Waals surface area contributed by atoms with E-state index in [1.54, 1.807) is 11.9 Å². The van der Waals surface area contributed by atoms with Crippen LogP contribution in [0.5, 0.6) is 0 Å². The summed E-state index contributed by atoms with van der Waals surface area (Å²) in [5, 5.41) is 12.9. The molecule has 1 amide bonds. The molecule has 0 radical (unpaired) electrons. The average Bonchev–Trinajstić information content (AvgIpc) is 2.29. The molecule has 2 unspecified atom stereocenters. The molecule has 1 heterocycles. The predicted molar refractivity (Wildman–Crippen MR) is 65.8 cm³/mol. The molecular weight excluding hydrogens is 220 g/mol. The molecule has 0 spiro atoms. The molecule has 100 valence electrons. The molecule has 0 aliphatic carbocycles. The number of carbonyl (C=O) groups is 1. The van der Waals surface area contributed by atoms with Crippen molar-refractivity contribution in [2.45, 2.75) is 37.8 Å². The topological polar surface area (TPSA) is 61.8 Å². The number of aliphatic hydroxyl groups is 1. The van der Waals surface area contributed by atoms with Gasteiger partial charge in [0.2, 0.25) is 5.91 Å². The fourth-order valence-corrected chi connectivity index (χ4v) is 2.30. The summed E-state index contributed by atoms with van der Waals surface area (Å²) < 4.78 is 4.85. The molecule has 0 aromatic rings. The second-order valence-corrected chi connectivity index (χ2v) is 5.01. The van der Waals surface area contributed by atoms with Gasteiger partial charge in [-0.25, -0.2) is 0 Å². The molecule has 1 aliphatic rings. The Bertz CT molecular complexity index is 252. The van der Waals surface area contributed by atoms with Gasteiger partial charge in [-0.1, -0.05) is 0 Å². The van der Waals surface area contributed by atoms with Gasteiger partial charge in [0.05, 0.1) is 18.2 Å². The minimum Gasteiger partial charge on any atom is -0.389 e. The third kappa shape index (κ3) is 3.94. The maximum atomic E-state index is 12.3. The first-order valence-corrected chi connectivity index (χ1v) is 6.17. The molecule has 1 fully saturated rings. The molecule has 1 rings (SSSR count). The lowest BCUT2D eigenvalue weighted by molar-refractivity contribution is -0.139. The Kier molecular flexibility index (Phi) is 5.36. The largest absolute Gasteiger partial charge is 0.389 e. The monoisotopic (exact) mass is 244 g/mol. The van der Waals surface area contributed by atoms with Gasteiger partial charge in [0.15, 0.2) is 0 Å². The summed E-state index contributed by atoms with van der Waals surface area (Å²) in [6.45, 7) is 3.39. The maximum absolute atomic E-state index is 12.3. The number of rotatable bonds is 5. The fraction of sp³-hybridized carbons (Fsp3) is 0.917. The Labute approximate surface area is 103 Å². The molecule has 5 nitrogen and oxygen atoms in total. The Morgan fingerprint density at radius 1 is 1.59 bits per heavy atom. The van der Waals surface area contributed by atoms with Gasteiger partial charge in [0, 0.05) is 20.7 Å². The van der Waals surface area contributed by atoms with Crippen LogP contribution >= 0.6 is 0 Å². The quantitative estimate of drug-likeness (QED) is 0.714. The fourth-order valence-electron chi connectivity index (χ4n) is 2.30. The van der Waals surface area contributed by atoms with Crippen molar-refractivity contribution in [2.75, 3.05) is 33.9 Å². The van der Waals surface area contributed by atoms with Crippen LogP contribution in [-0.2, 0) is 9.53 Å². The van der Waals surface area contributed by atoms with Crippen LogP contribution in [0.2, 0.25) is 0 Å².